The lowest BCUT2D eigenvalue weighted by Gasteiger charge is -2.44. The standard InChI is InChI=1S/C10H15N3O5S/c1-3-10(16)4-13(5-10)19(17,18)8-6(2)11-12-7(8)9(14)15/h16H,3-5H2,1-2H3,(H,11,12)(H,14,15). The highest BCUT2D eigenvalue weighted by atomic mass is 32.2. The Bertz CT molecular complexity index is 615. The summed E-state index contributed by atoms with van der Waals surface area (Å²) in [6.45, 7) is 3.14. The molecule has 2 heterocycles. The SMILES string of the molecule is CCC1(O)CN(S(=O)(=O)c2c(C(=O)O)n[nH]c2C)C1. The summed E-state index contributed by atoms with van der Waals surface area (Å²) in [5.74, 6) is -1.41. The van der Waals surface area contributed by atoms with Crippen LogP contribution in [0.15, 0.2) is 4.90 Å². The largest absolute Gasteiger partial charge is 0.476 e. The molecule has 3 N–H and O–H groups in total. The van der Waals surface area contributed by atoms with E-state index in [0.29, 0.717) is 6.42 Å². The summed E-state index contributed by atoms with van der Waals surface area (Å²) in [5, 5.41) is 24.6. The number of aromatic nitrogens is 2. The maximum absolute atomic E-state index is 12.3. The maximum atomic E-state index is 12.3. The van der Waals surface area contributed by atoms with Crippen LogP contribution in [0, 0.1) is 6.92 Å². The molecule has 1 saturated heterocycles. The predicted molar refractivity (Wildman–Crippen MR) is 64.3 cm³/mol. The van der Waals surface area contributed by atoms with Gasteiger partial charge in [-0.25, -0.2) is 13.2 Å². The molecule has 0 bridgehead atoms. The summed E-state index contributed by atoms with van der Waals surface area (Å²) in [4.78, 5) is 10.6. The number of hydrogen-bond donors (Lipinski definition) is 3. The third-order valence-corrected chi connectivity index (χ3v) is 5.24. The number of aromatic carboxylic acids is 1. The minimum absolute atomic E-state index is 0.0322. The Hall–Kier alpha value is -1.45. The molecule has 1 aliphatic heterocycles. The fourth-order valence-electron chi connectivity index (χ4n) is 2.01. The quantitative estimate of drug-likeness (QED) is 0.690. The van der Waals surface area contributed by atoms with E-state index in [0.717, 1.165) is 4.31 Å². The Kier molecular flexibility index (Phi) is 3.15. The van der Waals surface area contributed by atoms with Gasteiger partial charge >= 0.3 is 5.97 Å². The van der Waals surface area contributed by atoms with Gasteiger partial charge in [0.25, 0.3) is 0 Å². The van der Waals surface area contributed by atoms with Crippen LogP contribution in [0.3, 0.4) is 0 Å². The van der Waals surface area contributed by atoms with E-state index in [4.69, 9.17) is 5.11 Å². The monoisotopic (exact) mass is 289 g/mol. The molecule has 0 saturated carbocycles. The molecule has 2 rings (SSSR count). The number of aryl methyl sites for hydroxylation is 1. The summed E-state index contributed by atoms with van der Waals surface area (Å²) < 4.78 is 25.7. The number of carboxylic acids is 1. The molecule has 0 radical (unpaired) electrons. The van der Waals surface area contributed by atoms with Crippen molar-refractivity contribution in [1.29, 1.82) is 0 Å². The number of carboxylic acid groups (broad SMARTS) is 1. The second kappa shape index (κ2) is 4.29. The third kappa shape index (κ3) is 2.13. The third-order valence-electron chi connectivity index (χ3n) is 3.29. The van der Waals surface area contributed by atoms with Crippen molar-refractivity contribution in [3.8, 4) is 0 Å². The van der Waals surface area contributed by atoms with Gasteiger partial charge in [0.05, 0.1) is 11.3 Å². The highest BCUT2D eigenvalue weighted by Gasteiger charge is 2.47. The van der Waals surface area contributed by atoms with Gasteiger partial charge in [-0.15, -0.1) is 0 Å². The summed E-state index contributed by atoms with van der Waals surface area (Å²) in [6, 6.07) is 0. The Morgan fingerprint density at radius 2 is 2.11 bits per heavy atom. The summed E-state index contributed by atoms with van der Waals surface area (Å²) in [6.07, 6.45) is 0.440. The highest BCUT2D eigenvalue weighted by Crippen LogP contribution is 2.32. The molecule has 0 aromatic carbocycles. The van der Waals surface area contributed by atoms with E-state index in [-0.39, 0.29) is 23.7 Å². The van der Waals surface area contributed by atoms with Gasteiger partial charge in [-0.05, 0) is 13.3 Å². The van der Waals surface area contributed by atoms with Crippen LogP contribution < -0.4 is 0 Å². The van der Waals surface area contributed by atoms with Crippen LogP contribution in [-0.2, 0) is 10.0 Å². The zero-order valence-electron chi connectivity index (χ0n) is 10.5. The second-order valence-electron chi connectivity index (χ2n) is 4.68. The van der Waals surface area contributed by atoms with Crippen molar-refractivity contribution < 1.29 is 23.4 Å². The van der Waals surface area contributed by atoms with Gasteiger partial charge in [0.15, 0.2) is 5.69 Å². The topological polar surface area (TPSA) is 124 Å². The lowest BCUT2D eigenvalue weighted by atomic mass is 9.94. The van der Waals surface area contributed by atoms with Crippen LogP contribution in [0.5, 0.6) is 0 Å². The fraction of sp³-hybridized carbons (Fsp3) is 0.600. The number of hydrogen-bond acceptors (Lipinski definition) is 5. The second-order valence-corrected chi connectivity index (χ2v) is 6.56. The van der Waals surface area contributed by atoms with E-state index in [1.165, 1.54) is 6.92 Å². The molecule has 0 atom stereocenters. The summed E-state index contributed by atoms with van der Waals surface area (Å²) in [7, 11) is -3.95. The predicted octanol–water partition coefficient (Wildman–Crippen LogP) is -0.438. The average Bonchev–Trinajstić information content (AvgIpc) is 2.67. The lowest BCUT2D eigenvalue weighted by molar-refractivity contribution is -0.0613. The minimum Gasteiger partial charge on any atom is -0.476 e. The van der Waals surface area contributed by atoms with Crippen LogP contribution in [-0.4, -0.2) is 57.8 Å². The van der Waals surface area contributed by atoms with Crippen LogP contribution in [0.2, 0.25) is 0 Å². The summed E-state index contributed by atoms with van der Waals surface area (Å²) >= 11 is 0. The number of nitrogens with zero attached hydrogens (tertiary/aromatic N) is 2. The molecule has 8 nitrogen and oxygen atoms in total. The van der Waals surface area contributed by atoms with E-state index in [1.807, 2.05) is 0 Å². The molecule has 106 valence electrons. The average molecular weight is 289 g/mol. The van der Waals surface area contributed by atoms with E-state index in [2.05, 4.69) is 10.2 Å². The van der Waals surface area contributed by atoms with Crippen LogP contribution in [0.1, 0.15) is 29.5 Å². The Morgan fingerprint density at radius 3 is 2.58 bits per heavy atom. The first kappa shape index (κ1) is 14.0. The van der Waals surface area contributed by atoms with Crippen LogP contribution in [0.4, 0.5) is 0 Å². The zero-order valence-corrected chi connectivity index (χ0v) is 11.4. The van der Waals surface area contributed by atoms with Crippen molar-refractivity contribution >= 4 is 16.0 Å². The number of aliphatic hydroxyl groups is 1. The molecule has 1 aromatic heterocycles. The van der Waals surface area contributed by atoms with Crippen molar-refractivity contribution in [2.45, 2.75) is 30.8 Å². The molecular formula is C10H15N3O5S. The van der Waals surface area contributed by atoms with Crippen molar-refractivity contribution in [3.05, 3.63) is 11.4 Å². The first-order valence-electron chi connectivity index (χ1n) is 5.72. The Labute approximate surface area is 110 Å². The molecule has 1 aromatic rings. The van der Waals surface area contributed by atoms with Crippen LogP contribution in [0.25, 0.3) is 0 Å². The number of β-amino-alcohol motifs (C(OH)–C–C–N with tert-alkyl or cyclic N) is 1. The minimum atomic E-state index is -3.95. The Morgan fingerprint density at radius 1 is 1.53 bits per heavy atom. The zero-order chi connectivity index (χ0) is 14.4. The van der Waals surface area contributed by atoms with Gasteiger partial charge in [0.2, 0.25) is 10.0 Å². The Balaban J connectivity index is 2.37. The van der Waals surface area contributed by atoms with Crippen molar-refractivity contribution in [3.63, 3.8) is 0 Å². The fourth-order valence-corrected chi connectivity index (χ4v) is 3.90. The lowest BCUT2D eigenvalue weighted by Crippen LogP contribution is -2.63. The van der Waals surface area contributed by atoms with Gasteiger partial charge < -0.3 is 10.2 Å². The van der Waals surface area contributed by atoms with Crippen LogP contribution >= 0.6 is 0 Å². The number of nitrogens with one attached hydrogen (secondary N) is 1. The van der Waals surface area contributed by atoms with Crippen molar-refractivity contribution in [2.24, 2.45) is 0 Å². The number of carbonyl (C=O) groups is 1. The van der Waals surface area contributed by atoms with E-state index in [9.17, 15) is 18.3 Å². The first-order valence-corrected chi connectivity index (χ1v) is 7.16. The van der Waals surface area contributed by atoms with E-state index < -0.39 is 27.3 Å². The molecule has 0 amide bonds. The number of sulfonamides is 1. The van der Waals surface area contributed by atoms with Crippen molar-refractivity contribution in [1.82, 2.24) is 14.5 Å². The summed E-state index contributed by atoms with van der Waals surface area (Å²) in [5.41, 5.74) is -1.37. The molecule has 0 aliphatic carbocycles. The number of rotatable bonds is 4. The molecule has 19 heavy (non-hydrogen) atoms. The molecule has 0 spiro atoms. The number of aromatic amines is 1. The maximum Gasteiger partial charge on any atom is 0.357 e. The molecule has 0 unspecified atom stereocenters. The van der Waals surface area contributed by atoms with Gasteiger partial charge in [0.1, 0.15) is 4.90 Å². The van der Waals surface area contributed by atoms with Crippen molar-refractivity contribution in [2.75, 3.05) is 13.1 Å². The van der Waals surface area contributed by atoms with E-state index in [1.54, 1.807) is 6.92 Å². The number of H-pyrrole nitrogens is 1. The smallest absolute Gasteiger partial charge is 0.357 e. The van der Waals surface area contributed by atoms with Gasteiger partial charge in [-0.2, -0.15) is 9.40 Å². The molecule has 1 fully saturated rings. The van der Waals surface area contributed by atoms with Gasteiger partial charge in [0, 0.05) is 13.1 Å². The molecule has 9 heteroatoms. The first-order chi connectivity index (χ1) is 8.71. The van der Waals surface area contributed by atoms with Gasteiger partial charge in [-0.3, -0.25) is 5.10 Å². The molecule has 1 aliphatic rings. The highest BCUT2D eigenvalue weighted by molar-refractivity contribution is 7.89. The van der Waals surface area contributed by atoms with E-state index >= 15 is 0 Å². The molecular weight excluding hydrogens is 274 g/mol. The van der Waals surface area contributed by atoms with Gasteiger partial charge in [-0.1, -0.05) is 6.92 Å². The normalized spacial score (nSPS) is 19.1.